The van der Waals surface area contributed by atoms with Crippen LogP contribution in [0.15, 0.2) is 36.4 Å². The Morgan fingerprint density at radius 1 is 0.963 bits per heavy atom. The summed E-state index contributed by atoms with van der Waals surface area (Å²) in [5, 5.41) is 5.33. The van der Waals surface area contributed by atoms with Crippen LogP contribution in [0.1, 0.15) is 47.1 Å². The van der Waals surface area contributed by atoms with Gasteiger partial charge in [0.15, 0.2) is 0 Å². The number of nitrogens with two attached hydrogens (primary N) is 1. The maximum atomic E-state index is 12.6. The number of anilines is 3. The number of fused-ring (bicyclic) bond motifs is 1. The third-order valence-corrected chi connectivity index (χ3v) is 4.27. The largest absolute Gasteiger partial charge is 0.397 e. The van der Waals surface area contributed by atoms with E-state index >= 15 is 0 Å². The fraction of sp³-hybridized carbons (Fsp3) is 0.250. The first-order chi connectivity index (χ1) is 12.6. The van der Waals surface area contributed by atoms with Gasteiger partial charge in [0.1, 0.15) is 0 Å². The molecule has 27 heavy (non-hydrogen) atoms. The van der Waals surface area contributed by atoms with Crippen molar-refractivity contribution in [1.82, 2.24) is 4.90 Å². The molecule has 0 spiro atoms. The molecule has 0 aromatic heterocycles. The zero-order valence-corrected chi connectivity index (χ0v) is 15.7. The first-order valence-corrected chi connectivity index (χ1v) is 8.55. The Morgan fingerprint density at radius 2 is 1.63 bits per heavy atom. The molecule has 3 rings (SSSR count). The summed E-state index contributed by atoms with van der Waals surface area (Å²) in [5.41, 5.74) is 8.24. The van der Waals surface area contributed by atoms with Crippen molar-refractivity contribution in [3.63, 3.8) is 0 Å². The number of benzene rings is 2. The minimum atomic E-state index is -0.624. The molecule has 0 radical (unpaired) electrons. The molecule has 0 fully saturated rings. The van der Waals surface area contributed by atoms with Crippen LogP contribution < -0.4 is 16.4 Å². The number of imide groups is 1. The van der Waals surface area contributed by atoms with E-state index in [9.17, 15) is 14.4 Å². The molecule has 140 valence electrons. The average molecular weight is 366 g/mol. The standard InChI is InChI=1S/C20H22N4O3/c1-11-5-8-16(15(21)9-11)23-19(27)22-12-6-7-13-14(10-12)18(26)24(17(13)25)20(2,3)4/h5-10H,21H2,1-4H3,(H2,22,23,27). The van der Waals surface area contributed by atoms with E-state index in [0.717, 1.165) is 5.56 Å². The summed E-state index contributed by atoms with van der Waals surface area (Å²) in [6, 6.07) is 9.49. The molecule has 0 atom stereocenters. The summed E-state index contributed by atoms with van der Waals surface area (Å²) in [6.07, 6.45) is 0. The molecule has 4 N–H and O–H groups in total. The summed E-state index contributed by atoms with van der Waals surface area (Å²) in [4.78, 5) is 38.6. The molecule has 2 aromatic carbocycles. The average Bonchev–Trinajstić information content (AvgIpc) is 2.81. The third-order valence-electron chi connectivity index (χ3n) is 4.27. The summed E-state index contributed by atoms with van der Waals surface area (Å²) in [5.74, 6) is -0.694. The molecule has 7 heteroatoms. The second-order valence-corrected chi connectivity index (χ2v) is 7.55. The molecular weight excluding hydrogens is 344 g/mol. The fourth-order valence-electron chi connectivity index (χ4n) is 3.01. The van der Waals surface area contributed by atoms with Crippen molar-refractivity contribution in [3.05, 3.63) is 53.1 Å². The number of nitrogen functional groups attached to an aromatic ring is 1. The van der Waals surface area contributed by atoms with E-state index in [0.29, 0.717) is 22.6 Å². The molecule has 1 heterocycles. The first kappa shape index (κ1) is 18.4. The Bertz CT molecular complexity index is 960. The number of hydrogen-bond acceptors (Lipinski definition) is 4. The molecule has 0 bridgehead atoms. The van der Waals surface area contributed by atoms with Gasteiger partial charge in [-0.3, -0.25) is 14.5 Å². The number of nitrogens with one attached hydrogen (secondary N) is 2. The smallest absolute Gasteiger partial charge is 0.323 e. The van der Waals surface area contributed by atoms with Crippen LogP contribution in [0.4, 0.5) is 21.9 Å². The van der Waals surface area contributed by atoms with Crippen molar-refractivity contribution < 1.29 is 14.4 Å². The van der Waals surface area contributed by atoms with E-state index in [4.69, 9.17) is 5.73 Å². The molecule has 0 unspecified atom stereocenters. The molecule has 4 amide bonds. The number of carbonyl (C=O) groups excluding carboxylic acids is 3. The fourth-order valence-corrected chi connectivity index (χ4v) is 3.01. The Morgan fingerprint density at radius 3 is 2.26 bits per heavy atom. The van der Waals surface area contributed by atoms with Gasteiger partial charge in [0.25, 0.3) is 11.8 Å². The van der Waals surface area contributed by atoms with Crippen LogP contribution in [0.2, 0.25) is 0 Å². The summed E-state index contributed by atoms with van der Waals surface area (Å²) >= 11 is 0. The van der Waals surface area contributed by atoms with Crippen molar-refractivity contribution in [2.24, 2.45) is 0 Å². The van der Waals surface area contributed by atoms with Gasteiger partial charge >= 0.3 is 6.03 Å². The van der Waals surface area contributed by atoms with Crippen molar-refractivity contribution in [2.75, 3.05) is 16.4 Å². The predicted octanol–water partition coefficient (Wildman–Crippen LogP) is 3.62. The van der Waals surface area contributed by atoms with Gasteiger partial charge in [0.2, 0.25) is 0 Å². The maximum Gasteiger partial charge on any atom is 0.323 e. The van der Waals surface area contributed by atoms with Crippen molar-refractivity contribution in [2.45, 2.75) is 33.2 Å². The van der Waals surface area contributed by atoms with Gasteiger partial charge in [-0.1, -0.05) is 6.07 Å². The Kier molecular flexibility index (Phi) is 4.39. The number of aryl methyl sites for hydroxylation is 1. The van der Waals surface area contributed by atoms with Crippen LogP contribution in [0, 0.1) is 6.92 Å². The normalized spacial score (nSPS) is 13.6. The SMILES string of the molecule is Cc1ccc(NC(=O)Nc2ccc3c(c2)C(=O)N(C(C)(C)C)C3=O)c(N)c1. The zero-order chi connectivity index (χ0) is 19.9. The first-order valence-electron chi connectivity index (χ1n) is 8.55. The van der Waals surface area contributed by atoms with Gasteiger partial charge in [-0.05, 0) is 63.6 Å². The van der Waals surface area contributed by atoms with Crippen LogP contribution in [-0.4, -0.2) is 28.3 Å². The van der Waals surface area contributed by atoms with Crippen molar-refractivity contribution >= 4 is 34.9 Å². The minimum absolute atomic E-state index is 0.280. The minimum Gasteiger partial charge on any atom is -0.397 e. The Labute approximate surface area is 157 Å². The maximum absolute atomic E-state index is 12.6. The van der Waals surface area contributed by atoms with Crippen molar-refractivity contribution in [1.29, 1.82) is 0 Å². The molecule has 1 aliphatic heterocycles. The lowest BCUT2D eigenvalue weighted by molar-refractivity contribution is 0.0507. The predicted molar refractivity (Wildman–Crippen MR) is 105 cm³/mol. The number of carbonyl (C=O) groups is 3. The number of hydrogen-bond donors (Lipinski definition) is 3. The van der Waals surface area contributed by atoms with Gasteiger partial charge < -0.3 is 16.4 Å². The lowest BCUT2D eigenvalue weighted by atomic mass is 10.1. The topological polar surface area (TPSA) is 105 Å². The van der Waals surface area contributed by atoms with Crippen LogP contribution in [-0.2, 0) is 0 Å². The number of rotatable bonds is 2. The molecule has 0 saturated heterocycles. The Balaban J connectivity index is 1.79. The van der Waals surface area contributed by atoms with E-state index < -0.39 is 11.6 Å². The number of nitrogens with zero attached hydrogens (tertiary/aromatic N) is 1. The molecular formula is C20H22N4O3. The molecule has 7 nitrogen and oxygen atoms in total. The highest BCUT2D eigenvalue weighted by molar-refractivity contribution is 6.22. The Hall–Kier alpha value is -3.35. The van der Waals surface area contributed by atoms with E-state index in [1.54, 1.807) is 45.0 Å². The summed E-state index contributed by atoms with van der Waals surface area (Å²) < 4.78 is 0. The molecule has 0 aliphatic carbocycles. The second-order valence-electron chi connectivity index (χ2n) is 7.55. The van der Waals surface area contributed by atoms with Crippen LogP contribution in [0.25, 0.3) is 0 Å². The monoisotopic (exact) mass is 366 g/mol. The van der Waals surface area contributed by atoms with Gasteiger partial charge in [-0.25, -0.2) is 4.79 Å². The van der Waals surface area contributed by atoms with Crippen LogP contribution in [0.5, 0.6) is 0 Å². The lowest BCUT2D eigenvalue weighted by Gasteiger charge is -2.29. The van der Waals surface area contributed by atoms with E-state index in [2.05, 4.69) is 10.6 Å². The van der Waals surface area contributed by atoms with Gasteiger partial charge in [-0.2, -0.15) is 0 Å². The molecule has 2 aromatic rings. The van der Waals surface area contributed by atoms with Crippen molar-refractivity contribution in [3.8, 4) is 0 Å². The summed E-state index contributed by atoms with van der Waals surface area (Å²) in [7, 11) is 0. The number of urea groups is 1. The molecule has 0 saturated carbocycles. The number of amides is 4. The third kappa shape index (κ3) is 3.48. The lowest BCUT2D eigenvalue weighted by Crippen LogP contribution is -2.45. The zero-order valence-electron chi connectivity index (χ0n) is 15.7. The van der Waals surface area contributed by atoms with E-state index in [1.165, 1.54) is 11.0 Å². The van der Waals surface area contributed by atoms with Gasteiger partial charge in [0.05, 0.1) is 22.5 Å². The van der Waals surface area contributed by atoms with E-state index in [-0.39, 0.29) is 17.4 Å². The summed E-state index contributed by atoms with van der Waals surface area (Å²) in [6.45, 7) is 7.30. The quantitative estimate of drug-likeness (QED) is 0.558. The van der Waals surface area contributed by atoms with E-state index in [1.807, 2.05) is 13.0 Å². The van der Waals surface area contributed by atoms with Crippen LogP contribution >= 0.6 is 0 Å². The molecule has 1 aliphatic rings. The highest BCUT2D eigenvalue weighted by Crippen LogP contribution is 2.31. The highest BCUT2D eigenvalue weighted by Gasteiger charge is 2.41. The van der Waals surface area contributed by atoms with Gasteiger partial charge in [0, 0.05) is 11.2 Å². The van der Waals surface area contributed by atoms with Crippen LogP contribution in [0.3, 0.4) is 0 Å². The second kappa shape index (κ2) is 6.42. The highest BCUT2D eigenvalue weighted by atomic mass is 16.2. The van der Waals surface area contributed by atoms with Gasteiger partial charge in [-0.15, -0.1) is 0 Å².